The van der Waals surface area contributed by atoms with Gasteiger partial charge in [-0.05, 0) is 18.1 Å². The average molecular weight is 526 g/mol. The second kappa shape index (κ2) is 10.4. The van der Waals surface area contributed by atoms with Crippen LogP contribution in [0.3, 0.4) is 0 Å². The first kappa shape index (κ1) is 25.7. The molecule has 0 fully saturated rings. The van der Waals surface area contributed by atoms with E-state index in [2.05, 4.69) is 20.3 Å². The molecule has 9 nitrogen and oxygen atoms in total. The van der Waals surface area contributed by atoms with Gasteiger partial charge >= 0.3 is 0 Å². The smallest absolute Gasteiger partial charge is 0.289 e. The highest BCUT2D eigenvalue weighted by Gasteiger charge is 2.29. The molecule has 0 radical (unpaired) electrons. The minimum Gasteiger partial charge on any atom is -0.464 e. The average Bonchev–Trinajstić information content (AvgIpc) is 3.37. The van der Waals surface area contributed by atoms with Crippen molar-refractivity contribution in [2.75, 3.05) is 38.2 Å². The van der Waals surface area contributed by atoms with Crippen LogP contribution in [0.2, 0.25) is 0 Å². The van der Waals surface area contributed by atoms with Crippen LogP contribution in [0.4, 0.5) is 14.5 Å². The summed E-state index contributed by atoms with van der Waals surface area (Å²) < 4.78 is 41.4. The lowest BCUT2D eigenvalue weighted by Gasteiger charge is -2.30. The summed E-state index contributed by atoms with van der Waals surface area (Å²) in [5.74, 6) is -2.01. The van der Waals surface area contributed by atoms with Gasteiger partial charge in [-0.3, -0.25) is 4.79 Å². The number of amides is 1. The van der Waals surface area contributed by atoms with Crippen molar-refractivity contribution in [3.8, 4) is 11.5 Å². The number of nitrogens with one attached hydrogen (secondary N) is 2. The van der Waals surface area contributed by atoms with E-state index < -0.39 is 22.8 Å². The molecule has 0 spiro atoms. The van der Waals surface area contributed by atoms with Crippen LogP contribution in [0.5, 0.6) is 11.5 Å². The second-order valence-electron chi connectivity index (χ2n) is 9.78. The molecule has 3 N–H and O–H groups in total. The fourth-order valence-corrected chi connectivity index (χ4v) is 4.46. The number of rotatable bonds is 6. The van der Waals surface area contributed by atoms with Crippen molar-refractivity contribution in [1.82, 2.24) is 14.9 Å². The molecule has 4 heterocycles. The molecule has 5 rings (SSSR count). The predicted octanol–water partition coefficient (Wildman–Crippen LogP) is 4.46. The number of hydrogen-bond donors (Lipinski definition) is 3. The van der Waals surface area contributed by atoms with E-state index >= 15 is 8.78 Å². The number of aliphatic hydroxyl groups excluding tert-OH is 1. The maximum Gasteiger partial charge on any atom is 0.289 e. The minimum absolute atomic E-state index is 0.0849. The van der Waals surface area contributed by atoms with Crippen molar-refractivity contribution in [2.45, 2.75) is 26.7 Å². The van der Waals surface area contributed by atoms with Gasteiger partial charge in [-0.1, -0.05) is 19.9 Å². The Morgan fingerprint density at radius 1 is 1.34 bits per heavy atom. The molecule has 11 heteroatoms. The number of halogens is 2. The molecule has 38 heavy (non-hydrogen) atoms. The van der Waals surface area contributed by atoms with Crippen LogP contribution in [-0.4, -0.2) is 64.8 Å². The fraction of sp³-hybridized carbons (Fsp3) is 0.370. The summed E-state index contributed by atoms with van der Waals surface area (Å²) in [6, 6.07) is 3.88. The SMILES string of the molecule is CCC(=O)N1CC=C(c2c[nH]c3nccc(Oc4c(F)cc(NC5=NC[C@](C)(CO)CO5)cc4F)c23)CC1. The van der Waals surface area contributed by atoms with Gasteiger partial charge in [0, 0.05) is 60.7 Å². The lowest BCUT2D eigenvalue weighted by Crippen LogP contribution is -2.38. The van der Waals surface area contributed by atoms with Crippen molar-refractivity contribution in [3.63, 3.8) is 0 Å². The third-order valence-electron chi connectivity index (χ3n) is 6.75. The van der Waals surface area contributed by atoms with Crippen molar-refractivity contribution in [1.29, 1.82) is 0 Å². The number of carbonyl (C=O) groups excluding carboxylic acids is 1. The van der Waals surface area contributed by atoms with Crippen LogP contribution in [0, 0.1) is 17.0 Å². The zero-order valence-electron chi connectivity index (χ0n) is 21.2. The molecule has 0 unspecified atom stereocenters. The summed E-state index contributed by atoms with van der Waals surface area (Å²) in [6.07, 6.45) is 6.37. The molecule has 1 amide bonds. The highest BCUT2D eigenvalue weighted by molar-refractivity contribution is 5.96. The summed E-state index contributed by atoms with van der Waals surface area (Å²) in [7, 11) is 0. The number of H-pyrrole nitrogens is 1. The van der Waals surface area contributed by atoms with Gasteiger partial charge in [0.1, 0.15) is 18.0 Å². The van der Waals surface area contributed by atoms with E-state index in [1.807, 2.05) is 19.9 Å². The Morgan fingerprint density at radius 3 is 2.76 bits per heavy atom. The highest BCUT2D eigenvalue weighted by Crippen LogP contribution is 2.38. The van der Waals surface area contributed by atoms with Crippen LogP contribution in [0.25, 0.3) is 16.6 Å². The molecular weight excluding hydrogens is 496 g/mol. The molecule has 0 saturated carbocycles. The minimum atomic E-state index is -0.906. The third kappa shape index (κ3) is 5.06. The number of pyridine rings is 1. The van der Waals surface area contributed by atoms with E-state index in [1.165, 1.54) is 6.20 Å². The summed E-state index contributed by atoms with van der Waals surface area (Å²) in [6.45, 7) is 5.21. The van der Waals surface area contributed by atoms with E-state index in [0.29, 0.717) is 43.5 Å². The van der Waals surface area contributed by atoms with Crippen molar-refractivity contribution < 1.29 is 28.2 Å². The second-order valence-corrected chi connectivity index (χ2v) is 9.78. The van der Waals surface area contributed by atoms with Gasteiger partial charge in [-0.2, -0.15) is 0 Å². The van der Waals surface area contributed by atoms with Gasteiger partial charge in [0.2, 0.25) is 5.91 Å². The van der Waals surface area contributed by atoms with Crippen molar-refractivity contribution >= 4 is 34.2 Å². The zero-order valence-corrected chi connectivity index (χ0v) is 21.2. The summed E-state index contributed by atoms with van der Waals surface area (Å²) in [5, 5.41) is 12.8. The zero-order chi connectivity index (χ0) is 26.9. The number of amidine groups is 1. The maximum absolute atomic E-state index is 15.1. The van der Waals surface area contributed by atoms with Gasteiger partial charge in [-0.15, -0.1) is 0 Å². The number of hydrogen-bond acceptors (Lipinski definition) is 7. The van der Waals surface area contributed by atoms with Gasteiger partial charge < -0.3 is 29.8 Å². The molecule has 0 bridgehead atoms. The largest absolute Gasteiger partial charge is 0.464 e. The first-order chi connectivity index (χ1) is 18.3. The molecule has 200 valence electrons. The molecule has 0 saturated heterocycles. The van der Waals surface area contributed by atoms with Crippen molar-refractivity contribution in [2.24, 2.45) is 10.4 Å². The molecule has 0 aliphatic carbocycles. The fourth-order valence-electron chi connectivity index (χ4n) is 4.46. The van der Waals surface area contributed by atoms with Gasteiger partial charge in [-0.25, -0.2) is 18.8 Å². The lowest BCUT2D eigenvalue weighted by atomic mass is 9.93. The van der Waals surface area contributed by atoms with Crippen LogP contribution < -0.4 is 10.1 Å². The van der Waals surface area contributed by atoms with Gasteiger partial charge in [0.15, 0.2) is 17.4 Å². The Balaban J connectivity index is 1.39. The third-order valence-corrected chi connectivity index (χ3v) is 6.75. The number of carbonyl (C=O) groups is 1. The van der Waals surface area contributed by atoms with E-state index in [9.17, 15) is 9.90 Å². The van der Waals surface area contributed by atoms with Crippen LogP contribution in [-0.2, 0) is 9.53 Å². The molecule has 2 aliphatic rings. The van der Waals surface area contributed by atoms with Gasteiger partial charge in [0.05, 0.1) is 18.5 Å². The Bertz CT molecular complexity index is 1410. The van der Waals surface area contributed by atoms with Crippen LogP contribution >= 0.6 is 0 Å². The number of fused-ring (bicyclic) bond motifs is 1. The number of aromatic nitrogens is 2. The predicted molar refractivity (Wildman–Crippen MR) is 139 cm³/mol. The highest BCUT2D eigenvalue weighted by atomic mass is 19.1. The molecule has 1 aromatic carbocycles. The van der Waals surface area contributed by atoms with Crippen LogP contribution in [0.15, 0.2) is 41.7 Å². The molecule has 2 aliphatic heterocycles. The molecular formula is C27H29F2N5O4. The summed E-state index contributed by atoms with van der Waals surface area (Å²) in [5.41, 5.74) is 1.95. The Kier molecular flexibility index (Phi) is 7.02. The quantitative estimate of drug-likeness (QED) is 0.438. The molecule has 3 aromatic rings. The number of aromatic amines is 1. The number of aliphatic hydroxyl groups is 1. The maximum atomic E-state index is 15.1. The number of aliphatic imine (C=N–C) groups is 1. The number of benzene rings is 1. The van der Waals surface area contributed by atoms with E-state index in [0.717, 1.165) is 23.3 Å². The normalized spacial score (nSPS) is 19.6. The van der Waals surface area contributed by atoms with Gasteiger partial charge in [0.25, 0.3) is 6.02 Å². The van der Waals surface area contributed by atoms with E-state index in [-0.39, 0.29) is 36.6 Å². The van der Waals surface area contributed by atoms with E-state index in [1.54, 1.807) is 17.2 Å². The number of anilines is 1. The summed E-state index contributed by atoms with van der Waals surface area (Å²) in [4.78, 5) is 25.5. The van der Waals surface area contributed by atoms with Crippen molar-refractivity contribution in [3.05, 3.63) is 53.9 Å². The first-order valence-electron chi connectivity index (χ1n) is 12.5. The summed E-state index contributed by atoms with van der Waals surface area (Å²) >= 11 is 0. The van der Waals surface area contributed by atoms with Crippen LogP contribution in [0.1, 0.15) is 32.3 Å². The topological polar surface area (TPSA) is 112 Å². The Hall–Kier alpha value is -3.99. The number of nitrogens with zero attached hydrogens (tertiary/aromatic N) is 3. The molecule has 1 atom stereocenters. The van der Waals surface area contributed by atoms with E-state index in [4.69, 9.17) is 9.47 Å². The number of ether oxygens (including phenoxy) is 2. The first-order valence-corrected chi connectivity index (χ1v) is 12.5. The standard InChI is InChI=1S/C27H29F2N5O4/c1-3-22(36)34-8-5-16(6-9-34)18-12-31-25-23(18)21(4-7-30-25)38-24-19(28)10-17(11-20(24)29)33-26-32-13-27(2,14-35)15-37-26/h4-5,7,10-12,35H,3,6,8-9,13-15H2,1-2H3,(H,30,31)(H,32,33)/t27-/m1/s1. The Labute approximate surface area is 218 Å². The monoisotopic (exact) mass is 525 g/mol. The molecule has 2 aromatic heterocycles. The Morgan fingerprint density at radius 2 is 2.13 bits per heavy atom. The lowest BCUT2D eigenvalue weighted by molar-refractivity contribution is -0.130.